The van der Waals surface area contributed by atoms with Crippen molar-refractivity contribution in [2.45, 2.75) is 36.0 Å². The first kappa shape index (κ1) is 18.0. The second-order valence-corrected chi connectivity index (χ2v) is 9.81. The van der Waals surface area contributed by atoms with E-state index in [1.807, 2.05) is 12.1 Å². The molecule has 3 fully saturated rings. The van der Waals surface area contributed by atoms with E-state index in [1.54, 1.807) is 14.2 Å². The van der Waals surface area contributed by atoms with E-state index in [0.29, 0.717) is 5.75 Å². The summed E-state index contributed by atoms with van der Waals surface area (Å²) in [5.41, 5.74) is 5.58. The van der Waals surface area contributed by atoms with E-state index in [-0.39, 0.29) is 17.9 Å². The standard InChI is InChI=1S/C23H25N3O5/c1-26-9-8-22-14-11-4-5-12(29-2)17(14)31-20(22)23(30-3)7-6-21(22,13(26)10-11)15-16(23)19(28)25-24-18(15)27/h4-7,13,15-16,20H,8-10H2,1-3H3,(H,24,27)(H,25,28)/t13?,15?,16?,20-,21?,22?,23?/m1/s1. The van der Waals surface area contributed by atoms with Gasteiger partial charge in [-0.3, -0.25) is 20.4 Å². The number of carbonyl (C=O) groups is 2. The zero-order valence-electron chi connectivity index (χ0n) is 17.7. The first-order valence-corrected chi connectivity index (χ1v) is 10.9. The maximum absolute atomic E-state index is 13.5. The summed E-state index contributed by atoms with van der Waals surface area (Å²) < 4.78 is 18.6. The van der Waals surface area contributed by atoms with Gasteiger partial charge in [0.05, 0.1) is 24.4 Å². The molecule has 2 N–H and O–H groups in total. The summed E-state index contributed by atoms with van der Waals surface area (Å²) in [5, 5.41) is 0. The van der Waals surface area contributed by atoms with Crippen LogP contribution < -0.4 is 20.3 Å². The molecule has 31 heavy (non-hydrogen) atoms. The number of hydrazine groups is 1. The molecule has 4 aliphatic carbocycles. The van der Waals surface area contributed by atoms with Crippen molar-refractivity contribution in [3.05, 3.63) is 35.4 Å². The molecule has 162 valence electrons. The first-order chi connectivity index (χ1) is 15.0. The molecule has 8 rings (SSSR count). The third kappa shape index (κ3) is 1.56. The third-order valence-electron chi connectivity index (χ3n) is 9.28. The minimum Gasteiger partial charge on any atom is -0.493 e. The van der Waals surface area contributed by atoms with Crippen molar-refractivity contribution in [3.63, 3.8) is 0 Å². The summed E-state index contributed by atoms with van der Waals surface area (Å²) in [4.78, 5) is 29.1. The van der Waals surface area contributed by atoms with E-state index >= 15 is 0 Å². The lowest BCUT2D eigenvalue weighted by atomic mass is 9.33. The molecule has 0 aromatic heterocycles. The van der Waals surface area contributed by atoms with Gasteiger partial charge < -0.3 is 19.1 Å². The van der Waals surface area contributed by atoms with Crippen LogP contribution in [0.15, 0.2) is 24.3 Å². The Labute approximate surface area is 179 Å². The van der Waals surface area contributed by atoms with Gasteiger partial charge in [-0.15, -0.1) is 0 Å². The Bertz CT molecular complexity index is 1100. The fraction of sp³-hybridized carbons (Fsp3) is 0.565. The quantitative estimate of drug-likeness (QED) is 0.666. The number of nitrogens with one attached hydrogen (secondary N) is 2. The molecule has 3 heterocycles. The minimum absolute atomic E-state index is 0.0785. The van der Waals surface area contributed by atoms with E-state index in [9.17, 15) is 9.59 Å². The van der Waals surface area contributed by atoms with Gasteiger partial charge in [0, 0.05) is 24.1 Å². The molecule has 2 saturated heterocycles. The van der Waals surface area contributed by atoms with Crippen molar-refractivity contribution < 1.29 is 23.8 Å². The van der Waals surface area contributed by atoms with E-state index < -0.39 is 34.4 Å². The number of likely N-dealkylation sites (tertiary alicyclic amines) is 1. The molecule has 2 spiro atoms. The highest BCUT2D eigenvalue weighted by atomic mass is 16.6. The third-order valence-corrected chi connectivity index (χ3v) is 9.28. The van der Waals surface area contributed by atoms with Crippen LogP contribution in [0.3, 0.4) is 0 Å². The average Bonchev–Trinajstić information content (AvgIpc) is 3.15. The highest BCUT2D eigenvalue weighted by molar-refractivity contribution is 5.96. The Balaban J connectivity index is 1.63. The predicted molar refractivity (Wildman–Crippen MR) is 108 cm³/mol. The molecule has 3 aliphatic heterocycles. The lowest BCUT2D eigenvalue weighted by Gasteiger charge is -2.73. The van der Waals surface area contributed by atoms with Crippen LogP contribution >= 0.6 is 0 Å². The van der Waals surface area contributed by atoms with Crippen LogP contribution in [0.4, 0.5) is 0 Å². The Kier molecular flexibility index (Phi) is 3.05. The number of amides is 2. The number of hydrogen-bond donors (Lipinski definition) is 2. The van der Waals surface area contributed by atoms with Crippen LogP contribution in [0.25, 0.3) is 0 Å². The van der Waals surface area contributed by atoms with Crippen LogP contribution in [-0.2, 0) is 26.2 Å². The maximum Gasteiger partial charge on any atom is 0.245 e. The molecular weight excluding hydrogens is 398 g/mol. The first-order valence-electron chi connectivity index (χ1n) is 10.9. The lowest BCUT2D eigenvalue weighted by molar-refractivity contribution is -0.241. The van der Waals surface area contributed by atoms with Crippen molar-refractivity contribution >= 4 is 11.8 Å². The molecule has 4 bridgehead atoms. The van der Waals surface area contributed by atoms with Crippen molar-refractivity contribution in [1.29, 1.82) is 0 Å². The van der Waals surface area contributed by atoms with Gasteiger partial charge in [0.1, 0.15) is 11.7 Å². The summed E-state index contributed by atoms with van der Waals surface area (Å²) in [7, 11) is 5.40. The highest BCUT2D eigenvalue weighted by Crippen LogP contribution is 2.76. The van der Waals surface area contributed by atoms with E-state index in [0.717, 1.165) is 30.7 Å². The van der Waals surface area contributed by atoms with Gasteiger partial charge in [-0.2, -0.15) is 0 Å². The molecule has 8 heteroatoms. The van der Waals surface area contributed by atoms with Crippen molar-refractivity contribution in [2.24, 2.45) is 17.3 Å². The number of likely N-dealkylation sites (N-methyl/N-ethyl adjacent to an activating group) is 1. The Morgan fingerprint density at radius 2 is 1.90 bits per heavy atom. The number of rotatable bonds is 2. The number of piperidine rings is 1. The lowest BCUT2D eigenvalue weighted by Crippen LogP contribution is -2.86. The second-order valence-electron chi connectivity index (χ2n) is 9.81. The molecule has 1 saturated carbocycles. The zero-order chi connectivity index (χ0) is 21.3. The van der Waals surface area contributed by atoms with Crippen LogP contribution in [-0.4, -0.2) is 62.3 Å². The van der Waals surface area contributed by atoms with Gasteiger partial charge in [-0.25, -0.2) is 0 Å². The molecule has 7 atom stereocenters. The monoisotopic (exact) mass is 423 g/mol. The van der Waals surface area contributed by atoms with E-state index in [1.165, 1.54) is 5.56 Å². The Morgan fingerprint density at radius 1 is 1.13 bits per heavy atom. The molecule has 2 amide bonds. The van der Waals surface area contributed by atoms with Crippen LogP contribution in [0, 0.1) is 17.3 Å². The molecule has 7 aliphatic rings. The summed E-state index contributed by atoms with van der Waals surface area (Å²) in [6.45, 7) is 0.890. The van der Waals surface area contributed by atoms with E-state index in [4.69, 9.17) is 14.2 Å². The van der Waals surface area contributed by atoms with Crippen LogP contribution in [0.5, 0.6) is 11.5 Å². The molecule has 0 radical (unpaired) electrons. The fourth-order valence-electron chi connectivity index (χ4n) is 8.30. The predicted octanol–water partition coefficient (Wildman–Crippen LogP) is 0.303. The number of hydrogen-bond acceptors (Lipinski definition) is 6. The van der Waals surface area contributed by atoms with Gasteiger partial charge in [-0.1, -0.05) is 18.2 Å². The zero-order valence-corrected chi connectivity index (χ0v) is 17.7. The van der Waals surface area contributed by atoms with Gasteiger partial charge in [0.15, 0.2) is 11.5 Å². The van der Waals surface area contributed by atoms with Gasteiger partial charge in [0.2, 0.25) is 11.8 Å². The largest absolute Gasteiger partial charge is 0.493 e. The number of carbonyl (C=O) groups excluding carboxylic acids is 2. The van der Waals surface area contributed by atoms with Gasteiger partial charge in [0.25, 0.3) is 0 Å². The Morgan fingerprint density at radius 3 is 2.65 bits per heavy atom. The molecule has 6 unspecified atom stereocenters. The topological polar surface area (TPSA) is 89.1 Å². The summed E-state index contributed by atoms with van der Waals surface area (Å²) in [6.07, 6.45) is 5.43. The van der Waals surface area contributed by atoms with Crippen molar-refractivity contribution in [3.8, 4) is 11.5 Å². The number of nitrogens with zero attached hydrogens (tertiary/aromatic N) is 1. The average molecular weight is 423 g/mol. The molecular formula is C23H25N3O5. The number of benzene rings is 1. The van der Waals surface area contributed by atoms with Gasteiger partial charge in [-0.05, 0) is 38.1 Å². The van der Waals surface area contributed by atoms with Crippen LogP contribution in [0.1, 0.15) is 17.5 Å². The molecule has 1 aromatic rings. The van der Waals surface area contributed by atoms with Crippen molar-refractivity contribution in [2.75, 3.05) is 27.8 Å². The maximum atomic E-state index is 13.5. The summed E-state index contributed by atoms with van der Waals surface area (Å²) in [5.74, 6) is -0.120. The molecule has 8 nitrogen and oxygen atoms in total. The van der Waals surface area contributed by atoms with Crippen LogP contribution in [0.2, 0.25) is 0 Å². The van der Waals surface area contributed by atoms with Gasteiger partial charge >= 0.3 is 0 Å². The summed E-state index contributed by atoms with van der Waals surface area (Å²) >= 11 is 0. The summed E-state index contributed by atoms with van der Waals surface area (Å²) in [6, 6.07) is 4.19. The highest BCUT2D eigenvalue weighted by Gasteiger charge is 2.84. The number of methoxy groups -OCH3 is 2. The Hall–Kier alpha value is -2.58. The van der Waals surface area contributed by atoms with Crippen molar-refractivity contribution in [1.82, 2.24) is 15.8 Å². The second kappa shape index (κ2) is 5.24. The normalized spacial score (nSPS) is 45.4. The van der Waals surface area contributed by atoms with E-state index in [2.05, 4.69) is 34.9 Å². The SMILES string of the molecule is COc1ccc2c3c1O[C@H]1C4(OC)C=CC5(C6C(=O)NNC(=O)C64)C(C2)N(C)CCC315. The minimum atomic E-state index is -1.03. The fourth-order valence-corrected chi connectivity index (χ4v) is 8.30. The smallest absolute Gasteiger partial charge is 0.245 e. The molecule has 1 aromatic carbocycles. The number of ether oxygens (including phenoxy) is 3.